The molecular formula is C11H18N4O2S. The number of rotatable bonds is 2. The maximum atomic E-state index is 12.6. The zero-order valence-electron chi connectivity index (χ0n) is 10.6. The second-order valence-corrected chi connectivity index (χ2v) is 7.10. The van der Waals surface area contributed by atoms with Crippen molar-refractivity contribution in [1.82, 2.24) is 19.4 Å². The summed E-state index contributed by atoms with van der Waals surface area (Å²) >= 11 is 0. The molecule has 100 valence electrons. The SMILES string of the molecule is CC1CC2CNCC2N1S(=O)(=O)c1cnn(C)c1. The van der Waals surface area contributed by atoms with Crippen molar-refractivity contribution in [2.45, 2.75) is 30.3 Å². The van der Waals surface area contributed by atoms with Crippen LogP contribution in [0.3, 0.4) is 0 Å². The first-order chi connectivity index (χ1) is 8.50. The van der Waals surface area contributed by atoms with Gasteiger partial charge in [0.15, 0.2) is 0 Å². The lowest BCUT2D eigenvalue weighted by Crippen LogP contribution is -2.42. The summed E-state index contributed by atoms with van der Waals surface area (Å²) in [6.45, 7) is 3.68. The van der Waals surface area contributed by atoms with Crippen LogP contribution < -0.4 is 5.32 Å². The Balaban J connectivity index is 1.98. The van der Waals surface area contributed by atoms with Gasteiger partial charge in [-0.25, -0.2) is 8.42 Å². The summed E-state index contributed by atoms with van der Waals surface area (Å²) in [4.78, 5) is 0.296. The minimum Gasteiger partial charge on any atom is -0.315 e. The highest BCUT2D eigenvalue weighted by atomic mass is 32.2. The Labute approximate surface area is 107 Å². The molecule has 2 aliphatic heterocycles. The summed E-state index contributed by atoms with van der Waals surface area (Å²) in [5.41, 5.74) is 0. The van der Waals surface area contributed by atoms with Gasteiger partial charge in [0.05, 0.1) is 6.20 Å². The number of aryl methyl sites for hydroxylation is 1. The quantitative estimate of drug-likeness (QED) is 0.807. The second-order valence-electron chi connectivity index (χ2n) is 5.26. The maximum absolute atomic E-state index is 12.6. The molecule has 0 spiro atoms. The van der Waals surface area contributed by atoms with Crippen molar-refractivity contribution in [3.63, 3.8) is 0 Å². The van der Waals surface area contributed by atoms with Crippen LogP contribution in [-0.2, 0) is 17.1 Å². The standard InChI is InChI=1S/C11H18N4O2S/c1-8-3-9-4-12-6-11(9)15(8)18(16,17)10-5-13-14(2)7-10/h5,7-9,11-12H,3-4,6H2,1-2H3. The van der Waals surface area contributed by atoms with Gasteiger partial charge in [0.1, 0.15) is 4.90 Å². The van der Waals surface area contributed by atoms with Crippen molar-refractivity contribution in [2.24, 2.45) is 13.0 Å². The molecule has 6 nitrogen and oxygen atoms in total. The van der Waals surface area contributed by atoms with Gasteiger partial charge >= 0.3 is 0 Å². The van der Waals surface area contributed by atoms with E-state index in [1.54, 1.807) is 17.5 Å². The van der Waals surface area contributed by atoms with Crippen molar-refractivity contribution < 1.29 is 8.42 Å². The fourth-order valence-corrected chi connectivity index (χ4v) is 5.07. The summed E-state index contributed by atoms with van der Waals surface area (Å²) < 4.78 is 28.5. The maximum Gasteiger partial charge on any atom is 0.246 e. The third-order valence-electron chi connectivity index (χ3n) is 3.97. The fourth-order valence-electron chi connectivity index (χ4n) is 3.20. The molecule has 0 aliphatic carbocycles. The summed E-state index contributed by atoms with van der Waals surface area (Å²) in [5.74, 6) is 0.450. The molecule has 3 rings (SSSR count). The number of nitrogens with one attached hydrogen (secondary N) is 1. The minimum atomic E-state index is -3.41. The van der Waals surface area contributed by atoms with Crippen molar-refractivity contribution in [3.05, 3.63) is 12.4 Å². The molecule has 2 fully saturated rings. The molecule has 0 radical (unpaired) electrons. The van der Waals surface area contributed by atoms with Crippen LogP contribution in [-0.4, -0.2) is 47.7 Å². The molecule has 3 atom stereocenters. The van der Waals surface area contributed by atoms with E-state index in [-0.39, 0.29) is 12.1 Å². The van der Waals surface area contributed by atoms with Crippen LogP contribution in [0.2, 0.25) is 0 Å². The third kappa shape index (κ3) is 1.69. The van der Waals surface area contributed by atoms with Gasteiger partial charge in [-0.15, -0.1) is 0 Å². The van der Waals surface area contributed by atoms with Crippen LogP contribution in [0, 0.1) is 5.92 Å². The number of aromatic nitrogens is 2. The van der Waals surface area contributed by atoms with Gasteiger partial charge < -0.3 is 5.32 Å². The van der Waals surface area contributed by atoms with Crippen molar-refractivity contribution in [1.29, 1.82) is 0 Å². The molecule has 2 saturated heterocycles. The molecule has 1 aromatic heterocycles. The average molecular weight is 270 g/mol. The second kappa shape index (κ2) is 4.04. The topological polar surface area (TPSA) is 67.2 Å². The molecule has 0 saturated carbocycles. The van der Waals surface area contributed by atoms with Gasteiger partial charge in [0.2, 0.25) is 10.0 Å². The monoisotopic (exact) mass is 270 g/mol. The number of fused-ring (bicyclic) bond motifs is 1. The van der Waals surface area contributed by atoms with E-state index in [1.165, 1.54) is 10.9 Å². The van der Waals surface area contributed by atoms with Crippen LogP contribution in [0.1, 0.15) is 13.3 Å². The van der Waals surface area contributed by atoms with Crippen LogP contribution >= 0.6 is 0 Å². The van der Waals surface area contributed by atoms with Crippen molar-refractivity contribution in [3.8, 4) is 0 Å². The van der Waals surface area contributed by atoms with E-state index in [4.69, 9.17) is 0 Å². The van der Waals surface area contributed by atoms with Crippen molar-refractivity contribution >= 4 is 10.0 Å². The summed E-state index contributed by atoms with van der Waals surface area (Å²) in [5, 5.41) is 7.24. The van der Waals surface area contributed by atoms with E-state index in [9.17, 15) is 8.42 Å². The van der Waals surface area contributed by atoms with E-state index in [2.05, 4.69) is 10.4 Å². The first kappa shape index (κ1) is 12.1. The van der Waals surface area contributed by atoms with Crippen LogP contribution in [0.4, 0.5) is 0 Å². The molecule has 1 aromatic rings. The predicted octanol–water partition coefficient (Wildman–Crippen LogP) is -0.209. The summed E-state index contributed by atoms with van der Waals surface area (Å²) in [6, 6.07) is 0.178. The molecular weight excluding hydrogens is 252 g/mol. The number of sulfonamides is 1. The summed E-state index contributed by atoms with van der Waals surface area (Å²) in [7, 11) is -1.68. The fraction of sp³-hybridized carbons (Fsp3) is 0.727. The highest BCUT2D eigenvalue weighted by Crippen LogP contribution is 2.36. The first-order valence-corrected chi connectivity index (χ1v) is 7.67. The lowest BCUT2D eigenvalue weighted by Gasteiger charge is -2.25. The lowest BCUT2D eigenvalue weighted by molar-refractivity contribution is 0.335. The van der Waals surface area contributed by atoms with Gasteiger partial charge in [0, 0.05) is 31.9 Å². The van der Waals surface area contributed by atoms with Crippen LogP contribution in [0.15, 0.2) is 17.3 Å². The van der Waals surface area contributed by atoms with Crippen LogP contribution in [0.5, 0.6) is 0 Å². The van der Waals surface area contributed by atoms with Crippen LogP contribution in [0.25, 0.3) is 0 Å². The molecule has 0 amide bonds. The Morgan fingerprint density at radius 1 is 1.44 bits per heavy atom. The normalized spacial score (nSPS) is 32.9. The Kier molecular flexibility index (Phi) is 2.72. The number of hydrogen-bond acceptors (Lipinski definition) is 4. The molecule has 7 heteroatoms. The molecule has 3 heterocycles. The van der Waals surface area contributed by atoms with Gasteiger partial charge in [0.25, 0.3) is 0 Å². The van der Waals surface area contributed by atoms with Gasteiger partial charge in [-0.3, -0.25) is 4.68 Å². The largest absolute Gasteiger partial charge is 0.315 e. The van der Waals surface area contributed by atoms with E-state index in [0.717, 1.165) is 19.5 Å². The molecule has 0 aromatic carbocycles. The Bertz CT molecular complexity index is 553. The smallest absolute Gasteiger partial charge is 0.246 e. The number of hydrogen-bond donors (Lipinski definition) is 1. The Morgan fingerprint density at radius 3 is 2.89 bits per heavy atom. The molecule has 3 unspecified atom stereocenters. The number of nitrogens with zero attached hydrogens (tertiary/aromatic N) is 3. The van der Waals surface area contributed by atoms with Crippen molar-refractivity contribution in [2.75, 3.05) is 13.1 Å². The molecule has 18 heavy (non-hydrogen) atoms. The van der Waals surface area contributed by atoms with Gasteiger partial charge in [-0.1, -0.05) is 0 Å². The average Bonchev–Trinajstić information content (AvgIpc) is 2.92. The zero-order valence-corrected chi connectivity index (χ0v) is 11.4. The van der Waals surface area contributed by atoms with E-state index >= 15 is 0 Å². The van der Waals surface area contributed by atoms with Gasteiger partial charge in [-0.2, -0.15) is 9.40 Å². The van der Waals surface area contributed by atoms with E-state index in [0.29, 0.717) is 10.8 Å². The lowest BCUT2D eigenvalue weighted by atomic mass is 10.0. The zero-order chi connectivity index (χ0) is 12.9. The predicted molar refractivity (Wildman–Crippen MR) is 66.5 cm³/mol. The minimum absolute atomic E-state index is 0.0762. The highest BCUT2D eigenvalue weighted by Gasteiger charge is 2.48. The molecule has 1 N–H and O–H groups in total. The van der Waals surface area contributed by atoms with E-state index < -0.39 is 10.0 Å². The highest BCUT2D eigenvalue weighted by molar-refractivity contribution is 7.89. The molecule has 0 bridgehead atoms. The first-order valence-electron chi connectivity index (χ1n) is 6.23. The Morgan fingerprint density at radius 2 is 2.22 bits per heavy atom. The third-order valence-corrected chi connectivity index (χ3v) is 5.96. The summed E-state index contributed by atoms with van der Waals surface area (Å²) in [6.07, 6.45) is 3.94. The van der Waals surface area contributed by atoms with Gasteiger partial charge in [-0.05, 0) is 25.8 Å². The Hall–Kier alpha value is -0.920. The van der Waals surface area contributed by atoms with E-state index in [1.807, 2.05) is 6.92 Å². The molecule has 2 aliphatic rings.